The lowest BCUT2D eigenvalue weighted by Gasteiger charge is -2.30. The van der Waals surface area contributed by atoms with Crippen LogP contribution in [0.1, 0.15) is 12.8 Å². The van der Waals surface area contributed by atoms with E-state index in [2.05, 4.69) is 4.72 Å². The number of benzene rings is 1. The van der Waals surface area contributed by atoms with E-state index in [1.54, 1.807) is 13.1 Å². The number of hydrogen-bond donors (Lipinski definition) is 2. The van der Waals surface area contributed by atoms with Gasteiger partial charge in [0.05, 0.1) is 12.8 Å². The van der Waals surface area contributed by atoms with Crippen LogP contribution in [0, 0.1) is 0 Å². The van der Waals surface area contributed by atoms with Crippen molar-refractivity contribution in [2.75, 3.05) is 26.4 Å². The van der Waals surface area contributed by atoms with Crippen LogP contribution < -0.4 is 15.2 Å². The number of anilines is 1. The van der Waals surface area contributed by atoms with E-state index in [0.717, 1.165) is 0 Å². The molecule has 21 heavy (non-hydrogen) atoms. The van der Waals surface area contributed by atoms with Gasteiger partial charge in [-0.25, -0.2) is 13.1 Å². The highest BCUT2D eigenvalue weighted by molar-refractivity contribution is 7.89. The Bertz CT molecular complexity index is 645. The Kier molecular flexibility index (Phi) is 4.38. The molecule has 0 saturated carbocycles. The highest BCUT2D eigenvalue weighted by atomic mass is 32.2. The van der Waals surface area contributed by atoms with Gasteiger partial charge in [0.15, 0.2) is 0 Å². The standard InChI is InChI=1S/C13H19N3O4S/c1-16-8-9(3-6-13(16)17)15-21(18,19)12-5-4-10(20-2)7-11(12)14/h4-5,7,9,15H,3,6,8,14H2,1-2H3. The highest BCUT2D eigenvalue weighted by Crippen LogP contribution is 2.24. The fourth-order valence-corrected chi connectivity index (χ4v) is 3.66. The van der Waals surface area contributed by atoms with Crippen LogP contribution in [0.3, 0.4) is 0 Å². The van der Waals surface area contributed by atoms with E-state index in [9.17, 15) is 13.2 Å². The lowest BCUT2D eigenvalue weighted by molar-refractivity contribution is -0.132. The molecule has 1 aliphatic heterocycles. The van der Waals surface area contributed by atoms with E-state index in [1.165, 1.54) is 24.1 Å². The Labute approximate surface area is 124 Å². The molecule has 1 amide bonds. The summed E-state index contributed by atoms with van der Waals surface area (Å²) in [6, 6.07) is 4.11. The number of amides is 1. The average molecular weight is 313 g/mol. The summed E-state index contributed by atoms with van der Waals surface area (Å²) >= 11 is 0. The van der Waals surface area contributed by atoms with Crippen molar-refractivity contribution in [3.8, 4) is 5.75 Å². The van der Waals surface area contributed by atoms with E-state index in [-0.39, 0.29) is 22.5 Å². The zero-order valence-corrected chi connectivity index (χ0v) is 12.8. The average Bonchev–Trinajstić information content (AvgIpc) is 2.42. The summed E-state index contributed by atoms with van der Waals surface area (Å²) in [5.74, 6) is 0.517. The van der Waals surface area contributed by atoms with Crippen LogP contribution in [-0.4, -0.2) is 46.0 Å². The minimum atomic E-state index is -3.72. The van der Waals surface area contributed by atoms with Crippen molar-refractivity contribution in [2.24, 2.45) is 0 Å². The van der Waals surface area contributed by atoms with E-state index < -0.39 is 10.0 Å². The molecule has 0 bridgehead atoms. The summed E-state index contributed by atoms with van der Waals surface area (Å²) in [5, 5.41) is 0. The number of carbonyl (C=O) groups is 1. The predicted molar refractivity (Wildman–Crippen MR) is 78.4 cm³/mol. The molecule has 0 aliphatic carbocycles. The van der Waals surface area contributed by atoms with Gasteiger partial charge in [0.1, 0.15) is 10.6 Å². The predicted octanol–water partition coefficient (Wildman–Crippen LogP) is 0.177. The molecule has 1 aliphatic rings. The maximum Gasteiger partial charge on any atom is 0.242 e. The van der Waals surface area contributed by atoms with Crippen molar-refractivity contribution >= 4 is 21.6 Å². The van der Waals surface area contributed by atoms with Crippen molar-refractivity contribution in [3.05, 3.63) is 18.2 Å². The van der Waals surface area contributed by atoms with Crippen LogP contribution in [0.5, 0.6) is 5.75 Å². The van der Waals surface area contributed by atoms with Gasteiger partial charge in [0.2, 0.25) is 15.9 Å². The second-order valence-corrected chi connectivity index (χ2v) is 6.72. The third-order valence-corrected chi connectivity index (χ3v) is 5.05. The number of sulfonamides is 1. The lowest BCUT2D eigenvalue weighted by Crippen LogP contribution is -2.48. The largest absolute Gasteiger partial charge is 0.497 e. The number of ether oxygens (including phenoxy) is 1. The normalized spacial score (nSPS) is 19.6. The molecule has 0 radical (unpaired) electrons. The van der Waals surface area contributed by atoms with E-state index >= 15 is 0 Å². The third-order valence-electron chi connectivity index (χ3n) is 3.45. The second-order valence-electron chi connectivity index (χ2n) is 5.03. The first-order chi connectivity index (χ1) is 9.83. The van der Waals surface area contributed by atoms with Crippen molar-refractivity contribution in [1.29, 1.82) is 0 Å². The van der Waals surface area contributed by atoms with Crippen molar-refractivity contribution < 1.29 is 17.9 Å². The third kappa shape index (κ3) is 3.45. The van der Waals surface area contributed by atoms with Gasteiger partial charge in [0, 0.05) is 32.1 Å². The molecule has 7 nitrogen and oxygen atoms in total. The fourth-order valence-electron chi connectivity index (χ4n) is 2.29. The number of likely N-dealkylation sites (tertiary alicyclic amines) is 1. The SMILES string of the molecule is COc1ccc(S(=O)(=O)NC2CCC(=O)N(C)C2)c(N)c1. The highest BCUT2D eigenvalue weighted by Gasteiger charge is 2.28. The fraction of sp³-hybridized carbons (Fsp3) is 0.462. The van der Waals surface area contributed by atoms with Gasteiger partial charge in [0.25, 0.3) is 0 Å². The summed E-state index contributed by atoms with van der Waals surface area (Å²) in [6.07, 6.45) is 0.820. The number of methoxy groups -OCH3 is 1. The quantitative estimate of drug-likeness (QED) is 0.772. The molecule has 1 aromatic rings. The maximum absolute atomic E-state index is 12.4. The summed E-state index contributed by atoms with van der Waals surface area (Å²) in [7, 11) is -0.585. The number of likely N-dealkylation sites (N-methyl/N-ethyl adjacent to an activating group) is 1. The number of piperidine rings is 1. The Morgan fingerprint density at radius 3 is 2.71 bits per heavy atom. The van der Waals surface area contributed by atoms with Crippen molar-refractivity contribution in [3.63, 3.8) is 0 Å². The number of hydrogen-bond acceptors (Lipinski definition) is 5. The van der Waals surface area contributed by atoms with Crippen molar-refractivity contribution in [2.45, 2.75) is 23.8 Å². The van der Waals surface area contributed by atoms with Gasteiger partial charge in [-0.3, -0.25) is 4.79 Å². The first-order valence-electron chi connectivity index (χ1n) is 6.53. The number of carbonyl (C=O) groups excluding carboxylic acids is 1. The molecule has 1 aromatic carbocycles. The molecule has 3 N–H and O–H groups in total. The minimum absolute atomic E-state index is 0.0165. The number of nitrogens with zero attached hydrogens (tertiary/aromatic N) is 1. The van der Waals surface area contributed by atoms with Crippen LogP contribution in [-0.2, 0) is 14.8 Å². The number of nitrogen functional groups attached to an aromatic ring is 1. The molecule has 116 valence electrons. The van der Waals surface area contributed by atoms with Gasteiger partial charge >= 0.3 is 0 Å². The maximum atomic E-state index is 12.4. The van der Waals surface area contributed by atoms with Gasteiger partial charge < -0.3 is 15.4 Å². The molecular formula is C13H19N3O4S. The molecule has 8 heteroatoms. The first-order valence-corrected chi connectivity index (χ1v) is 8.01. The summed E-state index contributed by atoms with van der Waals surface area (Å²) in [5.41, 5.74) is 5.90. The lowest BCUT2D eigenvalue weighted by atomic mass is 10.1. The summed E-state index contributed by atoms with van der Waals surface area (Å²) < 4.78 is 32.3. The molecule has 1 unspecified atom stereocenters. The first kappa shape index (κ1) is 15.6. The summed E-state index contributed by atoms with van der Waals surface area (Å²) in [6.45, 7) is 0.355. The number of nitrogens with two attached hydrogens (primary N) is 1. The van der Waals surface area contributed by atoms with Crippen LogP contribution in [0.15, 0.2) is 23.1 Å². The second kappa shape index (κ2) is 5.90. The number of nitrogens with one attached hydrogen (secondary N) is 1. The molecule has 0 aromatic heterocycles. The molecule has 1 saturated heterocycles. The van der Waals surface area contributed by atoms with Crippen LogP contribution in [0.4, 0.5) is 5.69 Å². The molecule has 1 fully saturated rings. The number of rotatable bonds is 4. The molecule has 2 rings (SSSR count). The Morgan fingerprint density at radius 1 is 1.43 bits per heavy atom. The van der Waals surface area contributed by atoms with Crippen LogP contribution in [0.25, 0.3) is 0 Å². The minimum Gasteiger partial charge on any atom is -0.497 e. The zero-order chi connectivity index (χ0) is 15.6. The van der Waals surface area contributed by atoms with Gasteiger partial charge in [-0.2, -0.15) is 0 Å². The zero-order valence-electron chi connectivity index (χ0n) is 12.0. The monoisotopic (exact) mass is 313 g/mol. The Morgan fingerprint density at radius 2 is 2.14 bits per heavy atom. The molecule has 1 heterocycles. The van der Waals surface area contributed by atoms with Crippen LogP contribution in [0.2, 0.25) is 0 Å². The van der Waals surface area contributed by atoms with E-state index in [0.29, 0.717) is 25.1 Å². The summed E-state index contributed by atoms with van der Waals surface area (Å²) in [4.78, 5) is 13.0. The van der Waals surface area contributed by atoms with Crippen LogP contribution >= 0.6 is 0 Å². The van der Waals surface area contributed by atoms with Gasteiger partial charge in [-0.15, -0.1) is 0 Å². The molecular weight excluding hydrogens is 294 g/mol. The topological polar surface area (TPSA) is 102 Å². The molecule has 0 spiro atoms. The van der Waals surface area contributed by atoms with E-state index in [4.69, 9.17) is 10.5 Å². The van der Waals surface area contributed by atoms with Gasteiger partial charge in [-0.05, 0) is 18.6 Å². The van der Waals surface area contributed by atoms with Crippen molar-refractivity contribution in [1.82, 2.24) is 9.62 Å². The Balaban J connectivity index is 2.17. The van der Waals surface area contributed by atoms with E-state index in [1.807, 2.05) is 0 Å². The Hall–Kier alpha value is -1.80. The smallest absolute Gasteiger partial charge is 0.242 e. The van der Waals surface area contributed by atoms with Gasteiger partial charge in [-0.1, -0.05) is 0 Å². The molecule has 1 atom stereocenters.